The van der Waals surface area contributed by atoms with E-state index in [1.165, 1.54) is 0 Å². The van der Waals surface area contributed by atoms with Gasteiger partial charge in [0, 0.05) is 19.1 Å². The summed E-state index contributed by atoms with van der Waals surface area (Å²) in [5.41, 5.74) is 1.64. The molecule has 8 heteroatoms. The van der Waals surface area contributed by atoms with E-state index in [2.05, 4.69) is 15.4 Å². The summed E-state index contributed by atoms with van der Waals surface area (Å²) in [6.07, 6.45) is 6.76. The molecule has 1 fully saturated rings. The first kappa shape index (κ1) is 18.0. The van der Waals surface area contributed by atoms with E-state index >= 15 is 0 Å². The van der Waals surface area contributed by atoms with Gasteiger partial charge in [0.25, 0.3) is 11.8 Å². The largest absolute Gasteiger partial charge is 0.349 e. The fourth-order valence-electron chi connectivity index (χ4n) is 3.83. The second-order valence-electron chi connectivity index (χ2n) is 7.11. The zero-order chi connectivity index (χ0) is 18.8. The topological polar surface area (TPSA) is 80.1 Å². The minimum Gasteiger partial charge on any atom is -0.349 e. The number of aryl methyl sites for hydroxylation is 1. The van der Waals surface area contributed by atoms with Crippen molar-refractivity contribution in [2.45, 2.75) is 51.2 Å². The lowest BCUT2D eigenvalue weighted by molar-refractivity contribution is 0.0737. The molecule has 1 aliphatic carbocycles. The molecule has 142 valence electrons. The van der Waals surface area contributed by atoms with Gasteiger partial charge in [-0.1, -0.05) is 30.5 Å². The number of aromatic nitrogens is 3. The average molecular weight is 388 g/mol. The predicted octanol–water partition coefficient (Wildman–Crippen LogP) is 2.65. The van der Waals surface area contributed by atoms with Crippen LogP contribution in [0.3, 0.4) is 0 Å². The molecule has 0 spiro atoms. The lowest BCUT2D eigenvalue weighted by atomic mass is 10.2. The molecule has 2 aliphatic rings. The third kappa shape index (κ3) is 3.83. The molecule has 0 radical (unpaired) electrons. The minimum absolute atomic E-state index is 0.0988. The number of nitrogens with one attached hydrogen (secondary N) is 1. The number of halogens is 1. The van der Waals surface area contributed by atoms with Crippen LogP contribution in [0, 0.1) is 0 Å². The molecule has 1 saturated carbocycles. The number of amides is 2. The van der Waals surface area contributed by atoms with Crippen molar-refractivity contribution < 1.29 is 9.59 Å². The second-order valence-corrected chi connectivity index (χ2v) is 7.50. The fourth-order valence-corrected chi connectivity index (χ4v) is 3.99. The standard InChI is InChI=1S/C19H22ClN5O2/c20-17-8-3-7-15(23-17)19(27)24-9-4-10-25-16(12-24)14(11-21-25)18(26)22-13-5-1-2-6-13/h3,7-8,11,13H,1-2,4-6,9-10,12H2,(H,22,26). The van der Waals surface area contributed by atoms with E-state index in [0.29, 0.717) is 30.9 Å². The van der Waals surface area contributed by atoms with Crippen molar-refractivity contribution >= 4 is 23.4 Å². The smallest absolute Gasteiger partial charge is 0.272 e. The van der Waals surface area contributed by atoms with Gasteiger partial charge >= 0.3 is 0 Å². The zero-order valence-electron chi connectivity index (χ0n) is 15.0. The third-order valence-electron chi connectivity index (χ3n) is 5.24. The molecule has 1 N–H and O–H groups in total. The van der Waals surface area contributed by atoms with Crippen molar-refractivity contribution in [2.75, 3.05) is 6.54 Å². The van der Waals surface area contributed by atoms with Gasteiger partial charge in [0.2, 0.25) is 0 Å². The zero-order valence-corrected chi connectivity index (χ0v) is 15.8. The molecule has 2 amide bonds. The molecule has 0 saturated heterocycles. The Morgan fingerprint density at radius 1 is 1.15 bits per heavy atom. The highest BCUT2D eigenvalue weighted by Gasteiger charge is 2.27. The number of rotatable bonds is 3. The lowest BCUT2D eigenvalue weighted by Gasteiger charge is -2.20. The number of carbonyl (C=O) groups excluding carboxylic acids is 2. The average Bonchev–Trinajstić information content (AvgIpc) is 3.26. The van der Waals surface area contributed by atoms with Crippen LogP contribution in [-0.2, 0) is 13.1 Å². The van der Waals surface area contributed by atoms with Gasteiger partial charge in [-0.2, -0.15) is 5.10 Å². The van der Waals surface area contributed by atoms with Crippen LogP contribution in [0.4, 0.5) is 0 Å². The fraction of sp³-hybridized carbons (Fsp3) is 0.474. The Kier molecular flexibility index (Phi) is 5.11. The van der Waals surface area contributed by atoms with Crippen molar-refractivity contribution in [3.8, 4) is 0 Å². The molecule has 2 aromatic rings. The first-order valence-electron chi connectivity index (χ1n) is 9.39. The first-order chi connectivity index (χ1) is 13.1. The van der Waals surface area contributed by atoms with E-state index in [-0.39, 0.29) is 23.0 Å². The van der Waals surface area contributed by atoms with Gasteiger partial charge in [-0.15, -0.1) is 0 Å². The van der Waals surface area contributed by atoms with Crippen LogP contribution >= 0.6 is 11.6 Å². The number of nitrogens with zero attached hydrogens (tertiary/aromatic N) is 4. The van der Waals surface area contributed by atoms with E-state index in [1.807, 2.05) is 4.68 Å². The maximum Gasteiger partial charge on any atom is 0.272 e. The monoisotopic (exact) mass is 387 g/mol. The number of carbonyl (C=O) groups is 2. The van der Waals surface area contributed by atoms with Gasteiger partial charge < -0.3 is 10.2 Å². The molecular weight excluding hydrogens is 366 g/mol. The molecule has 0 unspecified atom stereocenters. The predicted molar refractivity (Wildman–Crippen MR) is 101 cm³/mol. The van der Waals surface area contributed by atoms with Crippen molar-refractivity contribution in [3.63, 3.8) is 0 Å². The number of hydrogen-bond donors (Lipinski definition) is 1. The Balaban J connectivity index is 1.55. The van der Waals surface area contributed by atoms with Gasteiger partial charge in [-0.05, 0) is 31.4 Å². The normalized spacial score (nSPS) is 17.4. The van der Waals surface area contributed by atoms with Crippen molar-refractivity contribution in [3.05, 3.63) is 46.5 Å². The Morgan fingerprint density at radius 3 is 2.74 bits per heavy atom. The van der Waals surface area contributed by atoms with Crippen molar-refractivity contribution in [1.29, 1.82) is 0 Å². The second kappa shape index (κ2) is 7.68. The van der Waals surface area contributed by atoms with E-state index in [1.54, 1.807) is 29.3 Å². The number of pyridine rings is 1. The summed E-state index contributed by atoms with van der Waals surface area (Å²) in [5.74, 6) is -0.285. The maximum absolute atomic E-state index is 12.9. The Morgan fingerprint density at radius 2 is 1.96 bits per heavy atom. The van der Waals surface area contributed by atoms with Crippen LogP contribution in [0.5, 0.6) is 0 Å². The molecule has 27 heavy (non-hydrogen) atoms. The van der Waals surface area contributed by atoms with Gasteiger partial charge in [0.05, 0.1) is 24.0 Å². The third-order valence-corrected chi connectivity index (χ3v) is 5.45. The summed E-state index contributed by atoms with van der Waals surface area (Å²) in [6.45, 7) is 1.60. The highest BCUT2D eigenvalue weighted by molar-refractivity contribution is 6.29. The van der Waals surface area contributed by atoms with Crippen LogP contribution in [-0.4, -0.2) is 44.1 Å². The first-order valence-corrected chi connectivity index (χ1v) is 9.77. The molecular formula is C19H22ClN5O2. The van der Waals surface area contributed by atoms with Gasteiger partial charge in [-0.25, -0.2) is 4.98 Å². The highest BCUT2D eigenvalue weighted by Crippen LogP contribution is 2.21. The Labute approximate surface area is 162 Å². The van der Waals surface area contributed by atoms with Crippen molar-refractivity contribution in [2.24, 2.45) is 0 Å². The maximum atomic E-state index is 12.9. The van der Waals surface area contributed by atoms with Crippen LogP contribution in [0.2, 0.25) is 5.15 Å². The van der Waals surface area contributed by atoms with E-state index in [9.17, 15) is 9.59 Å². The van der Waals surface area contributed by atoms with Crippen LogP contribution in [0.15, 0.2) is 24.4 Å². The Bertz CT molecular complexity index is 860. The van der Waals surface area contributed by atoms with Crippen LogP contribution < -0.4 is 5.32 Å². The number of fused-ring (bicyclic) bond motifs is 1. The van der Waals surface area contributed by atoms with E-state index in [4.69, 9.17) is 11.6 Å². The van der Waals surface area contributed by atoms with Gasteiger partial charge in [0.15, 0.2) is 0 Å². The van der Waals surface area contributed by atoms with Crippen LogP contribution in [0.1, 0.15) is 58.6 Å². The van der Waals surface area contributed by atoms with E-state index < -0.39 is 0 Å². The molecule has 3 heterocycles. The van der Waals surface area contributed by atoms with Crippen molar-refractivity contribution in [1.82, 2.24) is 25.0 Å². The number of hydrogen-bond acceptors (Lipinski definition) is 4. The highest BCUT2D eigenvalue weighted by atomic mass is 35.5. The summed E-state index contributed by atoms with van der Waals surface area (Å²) in [4.78, 5) is 31.4. The lowest BCUT2D eigenvalue weighted by Crippen LogP contribution is -2.35. The minimum atomic E-state index is -0.186. The summed E-state index contributed by atoms with van der Waals surface area (Å²) >= 11 is 5.92. The molecule has 1 aliphatic heterocycles. The summed E-state index contributed by atoms with van der Waals surface area (Å²) in [6, 6.07) is 5.25. The molecule has 0 aromatic carbocycles. The van der Waals surface area contributed by atoms with Gasteiger partial charge in [0.1, 0.15) is 10.8 Å². The molecule has 0 bridgehead atoms. The quantitative estimate of drug-likeness (QED) is 0.821. The molecule has 7 nitrogen and oxygen atoms in total. The van der Waals surface area contributed by atoms with E-state index in [0.717, 1.165) is 37.8 Å². The van der Waals surface area contributed by atoms with Gasteiger partial charge in [-0.3, -0.25) is 14.3 Å². The summed E-state index contributed by atoms with van der Waals surface area (Å²) in [7, 11) is 0. The summed E-state index contributed by atoms with van der Waals surface area (Å²) < 4.78 is 1.84. The summed E-state index contributed by atoms with van der Waals surface area (Å²) in [5, 5.41) is 7.77. The SMILES string of the molecule is O=C(NC1CCCC1)c1cnn2c1CN(C(=O)c1cccc(Cl)n1)CCC2. The Hall–Kier alpha value is -2.41. The van der Waals surface area contributed by atoms with Crippen LogP contribution in [0.25, 0.3) is 0 Å². The molecule has 2 aromatic heterocycles. The molecule has 4 rings (SSSR count). The molecule has 0 atom stereocenters.